The number of amides is 1. The summed E-state index contributed by atoms with van der Waals surface area (Å²) in [6.45, 7) is 0. The minimum absolute atomic E-state index is 0.0730. The molecule has 0 bridgehead atoms. The number of benzene rings is 1. The fourth-order valence-electron chi connectivity index (χ4n) is 1.92. The zero-order chi connectivity index (χ0) is 11.5. The van der Waals surface area contributed by atoms with Crippen molar-refractivity contribution in [3.05, 3.63) is 24.3 Å². The van der Waals surface area contributed by atoms with Crippen molar-refractivity contribution >= 4 is 11.6 Å². The molecule has 1 aliphatic heterocycles. The predicted octanol–water partition coefficient (Wildman–Crippen LogP) is 1.69. The van der Waals surface area contributed by atoms with Crippen molar-refractivity contribution in [2.45, 2.75) is 19.0 Å². The number of ether oxygens (including phenoxy) is 1. The number of carbonyl (C=O) groups excluding carboxylic acids is 1. The second-order valence-electron chi connectivity index (χ2n) is 3.90. The van der Waals surface area contributed by atoms with Gasteiger partial charge in [-0.15, -0.1) is 0 Å². The topological polar surface area (TPSA) is 41.6 Å². The Morgan fingerprint density at radius 1 is 1.44 bits per heavy atom. The van der Waals surface area contributed by atoms with Crippen LogP contribution in [0.4, 0.5) is 5.69 Å². The fraction of sp³-hybridized carbons (Fsp3) is 0.417. The number of hydrogen-bond acceptors (Lipinski definition) is 3. The number of anilines is 1. The van der Waals surface area contributed by atoms with Gasteiger partial charge in [-0.1, -0.05) is 12.1 Å². The van der Waals surface area contributed by atoms with Crippen LogP contribution in [0.25, 0.3) is 0 Å². The quantitative estimate of drug-likeness (QED) is 0.842. The van der Waals surface area contributed by atoms with Crippen molar-refractivity contribution in [1.82, 2.24) is 4.90 Å². The molecule has 2 rings (SSSR count). The predicted molar refractivity (Wildman–Crippen MR) is 62.4 cm³/mol. The number of carbonyl (C=O) groups is 1. The van der Waals surface area contributed by atoms with Gasteiger partial charge in [-0.25, -0.2) is 0 Å². The van der Waals surface area contributed by atoms with Crippen LogP contribution in [-0.4, -0.2) is 31.1 Å². The monoisotopic (exact) mass is 220 g/mol. The highest BCUT2D eigenvalue weighted by Gasteiger charge is 2.27. The first-order chi connectivity index (χ1) is 7.72. The molecule has 1 atom stereocenters. The summed E-state index contributed by atoms with van der Waals surface area (Å²) >= 11 is 0. The van der Waals surface area contributed by atoms with E-state index >= 15 is 0 Å². The Kier molecular flexibility index (Phi) is 2.99. The molecule has 1 aromatic rings. The standard InChI is InChI=1S/C12H16N2O2/c1-14-11(7-8-12(14)15)13-9-5-3-4-6-10(9)16-2/h3-6,11,13H,7-8H2,1-2H3/t11-/m1/s1. The molecule has 1 N–H and O–H groups in total. The van der Waals surface area contributed by atoms with Crippen LogP contribution in [0.2, 0.25) is 0 Å². The van der Waals surface area contributed by atoms with E-state index in [1.54, 1.807) is 12.0 Å². The maximum absolute atomic E-state index is 11.4. The van der Waals surface area contributed by atoms with Crippen LogP contribution in [0, 0.1) is 0 Å². The molecule has 4 heteroatoms. The number of methoxy groups -OCH3 is 1. The molecule has 0 saturated carbocycles. The first kappa shape index (κ1) is 10.8. The molecule has 1 aromatic carbocycles. The van der Waals surface area contributed by atoms with Crippen LogP contribution >= 0.6 is 0 Å². The summed E-state index contributed by atoms with van der Waals surface area (Å²) in [5.74, 6) is 0.989. The lowest BCUT2D eigenvalue weighted by Crippen LogP contribution is -2.34. The Hall–Kier alpha value is -1.71. The van der Waals surface area contributed by atoms with Gasteiger partial charge in [0.25, 0.3) is 0 Å². The Morgan fingerprint density at radius 3 is 2.81 bits per heavy atom. The van der Waals surface area contributed by atoms with Crippen LogP contribution < -0.4 is 10.1 Å². The van der Waals surface area contributed by atoms with Crippen molar-refractivity contribution < 1.29 is 9.53 Å². The van der Waals surface area contributed by atoms with Crippen LogP contribution in [-0.2, 0) is 4.79 Å². The average Bonchev–Trinajstić information content (AvgIpc) is 2.62. The first-order valence-corrected chi connectivity index (χ1v) is 5.37. The van der Waals surface area contributed by atoms with Crippen molar-refractivity contribution in [2.75, 3.05) is 19.5 Å². The van der Waals surface area contributed by atoms with Gasteiger partial charge < -0.3 is 15.0 Å². The summed E-state index contributed by atoms with van der Waals surface area (Å²) in [6.07, 6.45) is 1.53. The highest BCUT2D eigenvalue weighted by atomic mass is 16.5. The van der Waals surface area contributed by atoms with Gasteiger partial charge >= 0.3 is 0 Å². The van der Waals surface area contributed by atoms with E-state index in [1.807, 2.05) is 31.3 Å². The molecule has 0 aliphatic carbocycles. The van der Waals surface area contributed by atoms with Crippen molar-refractivity contribution in [2.24, 2.45) is 0 Å². The smallest absolute Gasteiger partial charge is 0.224 e. The Bertz CT molecular complexity index is 392. The molecular weight excluding hydrogens is 204 g/mol. The van der Waals surface area contributed by atoms with Gasteiger partial charge in [0.2, 0.25) is 5.91 Å². The van der Waals surface area contributed by atoms with Gasteiger partial charge in [-0.2, -0.15) is 0 Å². The van der Waals surface area contributed by atoms with Gasteiger partial charge in [0.05, 0.1) is 12.8 Å². The first-order valence-electron chi connectivity index (χ1n) is 5.37. The van der Waals surface area contributed by atoms with Crippen molar-refractivity contribution in [3.8, 4) is 5.75 Å². The summed E-state index contributed by atoms with van der Waals surface area (Å²) < 4.78 is 5.25. The van der Waals surface area contributed by atoms with E-state index < -0.39 is 0 Å². The van der Waals surface area contributed by atoms with E-state index in [0.29, 0.717) is 6.42 Å². The number of rotatable bonds is 3. The number of para-hydroxylation sites is 2. The average molecular weight is 220 g/mol. The zero-order valence-corrected chi connectivity index (χ0v) is 9.56. The van der Waals surface area contributed by atoms with E-state index in [4.69, 9.17) is 4.74 Å². The molecule has 1 aliphatic rings. The van der Waals surface area contributed by atoms with Crippen molar-refractivity contribution in [1.29, 1.82) is 0 Å². The van der Waals surface area contributed by atoms with Gasteiger partial charge in [0.15, 0.2) is 0 Å². The second kappa shape index (κ2) is 4.43. The molecule has 0 spiro atoms. The molecular formula is C12H16N2O2. The van der Waals surface area contributed by atoms with Crippen LogP contribution in [0.3, 0.4) is 0 Å². The summed E-state index contributed by atoms with van der Waals surface area (Å²) in [6, 6.07) is 7.73. The second-order valence-corrected chi connectivity index (χ2v) is 3.90. The van der Waals surface area contributed by atoms with Gasteiger partial charge in [-0.3, -0.25) is 4.79 Å². The van der Waals surface area contributed by atoms with E-state index in [2.05, 4.69) is 5.32 Å². The Balaban J connectivity index is 2.12. The normalized spacial score (nSPS) is 20.0. The maximum atomic E-state index is 11.4. The molecule has 1 fully saturated rings. The van der Waals surface area contributed by atoms with Crippen LogP contribution in [0.5, 0.6) is 5.75 Å². The summed E-state index contributed by atoms with van der Waals surface area (Å²) in [4.78, 5) is 13.1. The SMILES string of the molecule is COc1ccccc1N[C@H]1CCC(=O)N1C. The number of nitrogens with one attached hydrogen (secondary N) is 1. The molecule has 1 amide bonds. The Labute approximate surface area is 95.2 Å². The lowest BCUT2D eigenvalue weighted by Gasteiger charge is -2.23. The lowest BCUT2D eigenvalue weighted by molar-refractivity contribution is -0.127. The molecule has 1 heterocycles. The van der Waals surface area contributed by atoms with Crippen LogP contribution in [0.15, 0.2) is 24.3 Å². The van der Waals surface area contributed by atoms with E-state index in [1.165, 1.54) is 0 Å². The maximum Gasteiger partial charge on any atom is 0.224 e. The van der Waals surface area contributed by atoms with E-state index in [9.17, 15) is 4.79 Å². The molecule has 16 heavy (non-hydrogen) atoms. The number of likely N-dealkylation sites (tertiary alicyclic amines) is 1. The molecule has 0 radical (unpaired) electrons. The van der Waals surface area contributed by atoms with Gasteiger partial charge in [0, 0.05) is 13.5 Å². The van der Waals surface area contributed by atoms with E-state index in [0.717, 1.165) is 17.9 Å². The fourth-order valence-corrected chi connectivity index (χ4v) is 1.92. The third kappa shape index (κ3) is 1.96. The highest BCUT2D eigenvalue weighted by molar-refractivity contribution is 5.79. The largest absolute Gasteiger partial charge is 0.495 e. The Morgan fingerprint density at radius 2 is 2.19 bits per heavy atom. The van der Waals surface area contributed by atoms with Gasteiger partial charge in [0.1, 0.15) is 11.9 Å². The van der Waals surface area contributed by atoms with E-state index in [-0.39, 0.29) is 12.1 Å². The minimum Gasteiger partial charge on any atom is -0.495 e. The molecule has 0 unspecified atom stereocenters. The molecule has 86 valence electrons. The van der Waals surface area contributed by atoms with Crippen LogP contribution in [0.1, 0.15) is 12.8 Å². The summed E-state index contributed by atoms with van der Waals surface area (Å²) in [5.41, 5.74) is 0.927. The van der Waals surface area contributed by atoms with Gasteiger partial charge in [-0.05, 0) is 18.6 Å². The summed E-state index contributed by atoms with van der Waals surface area (Å²) in [7, 11) is 3.46. The molecule has 0 aromatic heterocycles. The minimum atomic E-state index is 0.0730. The lowest BCUT2D eigenvalue weighted by atomic mass is 10.2. The third-order valence-electron chi connectivity index (χ3n) is 2.92. The van der Waals surface area contributed by atoms with Crippen molar-refractivity contribution in [3.63, 3.8) is 0 Å². The highest BCUT2D eigenvalue weighted by Crippen LogP contribution is 2.26. The zero-order valence-electron chi connectivity index (χ0n) is 9.56. The number of nitrogens with zero attached hydrogens (tertiary/aromatic N) is 1. The molecule has 4 nitrogen and oxygen atoms in total. The molecule has 1 saturated heterocycles. The summed E-state index contributed by atoms with van der Waals surface area (Å²) in [5, 5.41) is 3.32. The third-order valence-corrected chi connectivity index (χ3v) is 2.92. The number of hydrogen-bond donors (Lipinski definition) is 1.